The molecule has 1 aromatic heterocycles. The van der Waals surface area contributed by atoms with Crippen LogP contribution in [0, 0.1) is 0 Å². The standard InChI is InChI=1S/C19H17N5OS2/c25-16(21-18-20-11-12-26-18)13-27-19-23-22-17(14-7-3-1-4-8-14)24(19)15-9-5-2-6-10-15/h1-10H,11-13H2,(H,20,21,25). The Morgan fingerprint density at radius 3 is 2.52 bits per heavy atom. The minimum atomic E-state index is -0.0861. The van der Waals surface area contributed by atoms with Crippen molar-refractivity contribution in [3.8, 4) is 17.1 Å². The van der Waals surface area contributed by atoms with Crippen LogP contribution < -0.4 is 5.32 Å². The Balaban J connectivity index is 1.59. The summed E-state index contributed by atoms with van der Waals surface area (Å²) >= 11 is 2.93. The quantitative estimate of drug-likeness (QED) is 0.672. The minimum absolute atomic E-state index is 0.0861. The van der Waals surface area contributed by atoms with Crippen molar-refractivity contribution < 1.29 is 4.79 Å². The van der Waals surface area contributed by atoms with Crippen LogP contribution in [-0.4, -0.2) is 43.9 Å². The summed E-state index contributed by atoms with van der Waals surface area (Å²) in [5.41, 5.74) is 1.93. The van der Waals surface area contributed by atoms with E-state index in [1.54, 1.807) is 11.8 Å². The molecule has 1 aliphatic rings. The van der Waals surface area contributed by atoms with Gasteiger partial charge < -0.3 is 5.32 Å². The first-order valence-electron chi connectivity index (χ1n) is 8.47. The van der Waals surface area contributed by atoms with E-state index < -0.39 is 0 Å². The third kappa shape index (κ3) is 4.23. The summed E-state index contributed by atoms with van der Waals surface area (Å²) < 4.78 is 1.98. The maximum absolute atomic E-state index is 12.2. The van der Waals surface area contributed by atoms with Crippen molar-refractivity contribution in [2.24, 2.45) is 4.99 Å². The molecule has 0 aliphatic carbocycles. The number of carbonyl (C=O) groups is 1. The third-order valence-electron chi connectivity index (χ3n) is 3.84. The molecule has 3 aromatic rings. The zero-order valence-corrected chi connectivity index (χ0v) is 16.0. The van der Waals surface area contributed by atoms with Crippen molar-refractivity contribution in [3.05, 3.63) is 60.7 Å². The molecule has 0 atom stereocenters. The normalized spacial score (nSPS) is 13.4. The molecule has 136 valence electrons. The largest absolute Gasteiger partial charge is 0.305 e. The van der Waals surface area contributed by atoms with Gasteiger partial charge in [0.1, 0.15) is 0 Å². The molecule has 0 bridgehead atoms. The molecule has 0 fully saturated rings. The number of nitrogens with one attached hydrogen (secondary N) is 1. The fourth-order valence-electron chi connectivity index (χ4n) is 2.64. The third-order valence-corrected chi connectivity index (χ3v) is 5.66. The van der Waals surface area contributed by atoms with Crippen molar-refractivity contribution in [1.29, 1.82) is 0 Å². The lowest BCUT2D eigenvalue weighted by molar-refractivity contribution is -0.117. The molecule has 4 rings (SSSR count). The maximum Gasteiger partial charge on any atom is 0.236 e. The SMILES string of the molecule is O=C(CSc1nnc(-c2ccccc2)n1-c1ccccc1)NC1=NCCS1. The molecule has 8 heteroatoms. The lowest BCUT2D eigenvalue weighted by Gasteiger charge is -2.10. The Bertz CT molecular complexity index is 957. The Hall–Kier alpha value is -2.58. The summed E-state index contributed by atoms with van der Waals surface area (Å²) in [6, 6.07) is 19.8. The highest BCUT2D eigenvalue weighted by Gasteiger charge is 2.18. The van der Waals surface area contributed by atoms with E-state index in [9.17, 15) is 4.79 Å². The van der Waals surface area contributed by atoms with E-state index in [2.05, 4.69) is 20.5 Å². The molecule has 0 spiro atoms. The van der Waals surface area contributed by atoms with E-state index in [4.69, 9.17) is 0 Å². The summed E-state index contributed by atoms with van der Waals surface area (Å²) in [4.78, 5) is 16.5. The second-order valence-electron chi connectivity index (χ2n) is 5.72. The van der Waals surface area contributed by atoms with Gasteiger partial charge in [0.25, 0.3) is 0 Å². The minimum Gasteiger partial charge on any atom is -0.305 e. The van der Waals surface area contributed by atoms with Gasteiger partial charge in [0.15, 0.2) is 16.1 Å². The van der Waals surface area contributed by atoms with Crippen LogP contribution in [0.1, 0.15) is 0 Å². The van der Waals surface area contributed by atoms with Crippen LogP contribution >= 0.6 is 23.5 Å². The number of aromatic nitrogens is 3. The second kappa shape index (κ2) is 8.41. The molecule has 1 aliphatic heterocycles. The summed E-state index contributed by atoms with van der Waals surface area (Å²) in [7, 11) is 0. The zero-order valence-electron chi connectivity index (χ0n) is 14.4. The fourth-order valence-corrected chi connectivity index (χ4v) is 4.14. The average Bonchev–Trinajstić information content (AvgIpc) is 3.37. The van der Waals surface area contributed by atoms with Gasteiger partial charge in [-0.2, -0.15) is 0 Å². The molecule has 0 radical (unpaired) electrons. The van der Waals surface area contributed by atoms with Gasteiger partial charge in [-0.3, -0.25) is 14.4 Å². The van der Waals surface area contributed by atoms with Gasteiger partial charge in [0, 0.05) is 17.0 Å². The first-order valence-corrected chi connectivity index (χ1v) is 10.4. The van der Waals surface area contributed by atoms with Crippen molar-refractivity contribution >= 4 is 34.6 Å². The van der Waals surface area contributed by atoms with Crippen LogP contribution in [0.15, 0.2) is 70.8 Å². The van der Waals surface area contributed by atoms with Crippen LogP contribution in [-0.2, 0) is 4.79 Å². The first kappa shape index (κ1) is 17.8. The summed E-state index contributed by atoms with van der Waals surface area (Å²) in [6.07, 6.45) is 0. The molecule has 6 nitrogen and oxygen atoms in total. The molecular formula is C19H17N5OS2. The summed E-state index contributed by atoms with van der Waals surface area (Å²) in [5.74, 6) is 1.84. The highest BCUT2D eigenvalue weighted by Crippen LogP contribution is 2.27. The second-order valence-corrected chi connectivity index (χ2v) is 7.74. The highest BCUT2D eigenvalue weighted by atomic mass is 32.2. The average molecular weight is 396 g/mol. The fraction of sp³-hybridized carbons (Fsp3) is 0.158. The Morgan fingerprint density at radius 1 is 1.07 bits per heavy atom. The Morgan fingerprint density at radius 2 is 1.81 bits per heavy atom. The lowest BCUT2D eigenvalue weighted by Crippen LogP contribution is -2.29. The van der Waals surface area contributed by atoms with E-state index in [0.717, 1.165) is 29.4 Å². The van der Waals surface area contributed by atoms with Crippen molar-refractivity contribution in [2.75, 3.05) is 18.1 Å². The Kier molecular flexibility index (Phi) is 5.55. The highest BCUT2D eigenvalue weighted by molar-refractivity contribution is 8.14. The van der Waals surface area contributed by atoms with Gasteiger partial charge in [-0.25, -0.2) is 0 Å². The maximum atomic E-state index is 12.2. The lowest BCUT2D eigenvalue weighted by atomic mass is 10.2. The number of benzene rings is 2. The van der Waals surface area contributed by atoms with E-state index in [0.29, 0.717) is 10.3 Å². The number of aliphatic imine (C=N–C) groups is 1. The Labute approximate surface area is 165 Å². The predicted octanol–water partition coefficient (Wildman–Crippen LogP) is 3.25. The van der Waals surface area contributed by atoms with Gasteiger partial charge in [0.05, 0.1) is 12.3 Å². The van der Waals surface area contributed by atoms with Gasteiger partial charge in [-0.05, 0) is 12.1 Å². The van der Waals surface area contributed by atoms with Gasteiger partial charge in [-0.15, -0.1) is 10.2 Å². The molecule has 0 unspecified atom stereocenters. The molecule has 1 N–H and O–H groups in total. The monoisotopic (exact) mass is 395 g/mol. The van der Waals surface area contributed by atoms with E-state index >= 15 is 0 Å². The van der Waals surface area contributed by atoms with Crippen molar-refractivity contribution in [2.45, 2.75) is 5.16 Å². The summed E-state index contributed by atoms with van der Waals surface area (Å²) in [5, 5.41) is 12.9. The van der Waals surface area contributed by atoms with Crippen LogP contribution in [0.25, 0.3) is 17.1 Å². The van der Waals surface area contributed by atoms with Crippen LogP contribution in [0.4, 0.5) is 0 Å². The number of para-hydroxylation sites is 1. The first-order chi connectivity index (χ1) is 13.3. The molecule has 0 saturated carbocycles. The summed E-state index contributed by atoms with van der Waals surface area (Å²) in [6.45, 7) is 0.760. The smallest absolute Gasteiger partial charge is 0.236 e. The van der Waals surface area contributed by atoms with Crippen LogP contribution in [0.3, 0.4) is 0 Å². The number of carbonyl (C=O) groups excluding carboxylic acids is 1. The van der Waals surface area contributed by atoms with E-state index in [1.165, 1.54) is 11.8 Å². The van der Waals surface area contributed by atoms with Gasteiger partial charge in [0.2, 0.25) is 5.91 Å². The number of nitrogens with zero attached hydrogens (tertiary/aromatic N) is 4. The molecule has 2 aromatic carbocycles. The number of hydrogen-bond donors (Lipinski definition) is 1. The molecule has 1 amide bonds. The zero-order chi connectivity index (χ0) is 18.5. The molecule has 2 heterocycles. The van der Waals surface area contributed by atoms with E-state index in [-0.39, 0.29) is 11.7 Å². The van der Waals surface area contributed by atoms with Gasteiger partial charge >= 0.3 is 0 Å². The molecule has 0 saturated heterocycles. The van der Waals surface area contributed by atoms with Gasteiger partial charge in [-0.1, -0.05) is 72.1 Å². The number of rotatable bonds is 5. The molecule has 27 heavy (non-hydrogen) atoms. The number of amides is 1. The predicted molar refractivity (Wildman–Crippen MR) is 110 cm³/mol. The van der Waals surface area contributed by atoms with Crippen molar-refractivity contribution in [1.82, 2.24) is 20.1 Å². The topological polar surface area (TPSA) is 72.2 Å². The van der Waals surface area contributed by atoms with Crippen LogP contribution in [0.5, 0.6) is 0 Å². The number of hydrogen-bond acceptors (Lipinski definition) is 6. The number of thioether (sulfide) groups is 2. The molecular weight excluding hydrogens is 378 g/mol. The van der Waals surface area contributed by atoms with E-state index in [1.807, 2.05) is 65.2 Å². The van der Waals surface area contributed by atoms with Crippen LogP contribution in [0.2, 0.25) is 0 Å². The van der Waals surface area contributed by atoms with Crippen molar-refractivity contribution in [3.63, 3.8) is 0 Å². The number of amidine groups is 1.